The van der Waals surface area contributed by atoms with Gasteiger partial charge < -0.3 is 51.9 Å². The van der Waals surface area contributed by atoms with Crippen LogP contribution in [0.1, 0.15) is 0 Å². The second-order valence-electron chi connectivity index (χ2n) is 8.20. The van der Waals surface area contributed by atoms with Gasteiger partial charge in [-0.1, -0.05) is 0 Å². The maximum Gasteiger partial charge on any atom is 1.00 e. The Hall–Kier alpha value is 4.11. The average molecular weight is 867 g/mol. The Kier molecular flexibility index (Phi) is 29.4. The Morgan fingerprint density at radius 3 is 1.27 bits per heavy atom. The van der Waals surface area contributed by atoms with Gasteiger partial charge in [0.05, 0.1) is 13.2 Å². The molecule has 0 aliphatic carbocycles. The van der Waals surface area contributed by atoms with E-state index in [1.165, 1.54) is 0 Å². The maximum atomic E-state index is 11.5. The number of methoxy groups -OCH3 is 1. The fourth-order valence-corrected chi connectivity index (χ4v) is 5.74. The molecule has 0 aromatic carbocycles. The molecule has 0 aromatic rings. The van der Waals surface area contributed by atoms with Crippen LogP contribution in [-0.4, -0.2) is 157 Å². The van der Waals surface area contributed by atoms with Crippen molar-refractivity contribution in [2.45, 2.75) is 61.4 Å². The molecule has 2 N–H and O–H groups in total. The number of aliphatic hydroxyl groups excluding tert-OH is 2. The number of rotatable bonds is 15. The minimum absolute atomic E-state index is 0. The molecule has 2 aliphatic heterocycles. The van der Waals surface area contributed by atoms with E-state index in [1.54, 1.807) is 0 Å². The first-order valence-corrected chi connectivity index (χ1v) is 17.3. The van der Waals surface area contributed by atoms with Crippen LogP contribution in [0, 0.1) is 0 Å². The van der Waals surface area contributed by atoms with E-state index in [2.05, 4.69) is 25.7 Å². The van der Waals surface area contributed by atoms with Crippen LogP contribution >= 0.6 is 0 Å². The van der Waals surface area contributed by atoms with E-state index < -0.39 is 127 Å². The van der Waals surface area contributed by atoms with Crippen molar-refractivity contribution < 1.29 is 263 Å². The summed E-state index contributed by atoms with van der Waals surface area (Å²) in [6.07, 6.45) is -25.8. The molecular weight excluding hydrogens is 847 g/mol. The molecule has 2 rings (SSSR count). The van der Waals surface area contributed by atoms with Gasteiger partial charge in [-0.2, -0.15) is 0 Å². The summed E-state index contributed by atoms with van der Waals surface area (Å²) in [5.41, 5.74) is 0. The van der Waals surface area contributed by atoms with Gasteiger partial charge in [0.25, 0.3) is 0 Å². The summed E-state index contributed by atoms with van der Waals surface area (Å²) in [4.78, 5) is 0. The van der Waals surface area contributed by atoms with Crippen LogP contribution < -0.4 is 148 Å². The van der Waals surface area contributed by atoms with Gasteiger partial charge >= 0.3 is 148 Å². The summed E-state index contributed by atoms with van der Waals surface area (Å²) in [6.45, 7) is -3.06. The molecule has 10 atom stereocenters. The van der Waals surface area contributed by atoms with Gasteiger partial charge in [-0.05, 0) is 0 Å². The molecule has 26 nitrogen and oxygen atoms in total. The zero-order valence-electron chi connectivity index (χ0n) is 25.9. The van der Waals surface area contributed by atoms with Crippen molar-refractivity contribution in [3.8, 4) is 0 Å². The second-order valence-corrected chi connectivity index (χ2v) is 13.3. The zero-order chi connectivity index (χ0) is 34.1. The molecule has 2 fully saturated rings. The summed E-state index contributed by atoms with van der Waals surface area (Å²) in [6, 6.07) is 0. The maximum absolute atomic E-state index is 11.5. The molecule has 2 aliphatic rings. The van der Waals surface area contributed by atoms with Crippen molar-refractivity contribution in [3.63, 3.8) is 0 Å². The molecule has 36 heteroatoms. The van der Waals surface area contributed by atoms with Gasteiger partial charge in [-0.15, -0.1) is 0 Å². The van der Waals surface area contributed by atoms with Crippen LogP contribution in [0.25, 0.3) is 0 Å². The number of aliphatic hydroxyl groups is 2. The molecule has 262 valence electrons. The van der Waals surface area contributed by atoms with E-state index in [0.29, 0.717) is 7.11 Å². The molecular formula is C13H19Na5O26S5. The third kappa shape index (κ3) is 22.0. The first-order valence-electron chi connectivity index (χ1n) is 10.7. The largest absolute Gasteiger partial charge is 1.00 e. The topological polar surface area (TPSA) is 410 Å². The van der Waals surface area contributed by atoms with Gasteiger partial charge in [0.15, 0.2) is 24.8 Å². The Bertz CT molecular complexity index is 1540. The molecule has 0 radical (unpaired) electrons. The van der Waals surface area contributed by atoms with Crippen LogP contribution in [0.3, 0.4) is 0 Å². The number of hydrogen-bond donors (Lipinski definition) is 2. The predicted molar refractivity (Wildman–Crippen MR) is 116 cm³/mol. The molecule has 0 saturated carbocycles. The van der Waals surface area contributed by atoms with Crippen LogP contribution in [0.2, 0.25) is 0 Å². The molecule has 0 aromatic heterocycles. The Morgan fingerprint density at radius 2 is 0.878 bits per heavy atom. The van der Waals surface area contributed by atoms with Gasteiger partial charge in [-0.25, -0.2) is 42.1 Å². The van der Waals surface area contributed by atoms with E-state index in [1.807, 2.05) is 0 Å². The van der Waals surface area contributed by atoms with Gasteiger partial charge in [0, 0.05) is 7.11 Å². The van der Waals surface area contributed by atoms with Crippen LogP contribution in [0.15, 0.2) is 0 Å². The van der Waals surface area contributed by atoms with Crippen molar-refractivity contribution in [2.75, 3.05) is 20.3 Å². The molecule has 0 spiro atoms. The molecule has 2 heterocycles. The summed E-state index contributed by atoms with van der Waals surface area (Å²) in [7, 11) is -28.4. The van der Waals surface area contributed by atoms with E-state index in [0.717, 1.165) is 0 Å². The molecule has 0 bridgehead atoms. The van der Waals surface area contributed by atoms with E-state index in [9.17, 15) is 75.1 Å². The van der Waals surface area contributed by atoms with Gasteiger partial charge in [-0.3, -0.25) is 20.9 Å². The molecule has 2 saturated heterocycles. The minimum Gasteiger partial charge on any atom is -0.726 e. The molecule has 0 amide bonds. The Balaban J connectivity index is -0.00000202. The summed E-state index contributed by atoms with van der Waals surface area (Å²) < 4.78 is 208. The van der Waals surface area contributed by atoms with Crippen LogP contribution in [0.4, 0.5) is 0 Å². The fourth-order valence-electron chi connectivity index (χ4n) is 3.70. The zero-order valence-corrected chi connectivity index (χ0v) is 40.0. The van der Waals surface area contributed by atoms with Crippen molar-refractivity contribution >= 4 is 52.0 Å². The number of hydrogen-bond acceptors (Lipinski definition) is 26. The van der Waals surface area contributed by atoms with Crippen molar-refractivity contribution in [1.29, 1.82) is 0 Å². The van der Waals surface area contributed by atoms with Crippen LogP contribution in [-0.2, 0) is 91.9 Å². The normalized spacial score (nSPS) is 31.0. The van der Waals surface area contributed by atoms with E-state index in [-0.39, 0.29) is 148 Å². The average Bonchev–Trinajstić information content (AvgIpc) is 2.80. The number of ether oxygens (including phenoxy) is 4. The molecule has 49 heavy (non-hydrogen) atoms. The Morgan fingerprint density at radius 1 is 0.510 bits per heavy atom. The first-order chi connectivity index (χ1) is 19.7. The minimum atomic E-state index is -6.05. The monoisotopic (exact) mass is 866 g/mol. The van der Waals surface area contributed by atoms with Gasteiger partial charge in [0.1, 0.15) is 36.6 Å². The van der Waals surface area contributed by atoms with Crippen LogP contribution in [0.5, 0.6) is 0 Å². The smallest absolute Gasteiger partial charge is 0.726 e. The molecule has 0 unspecified atom stereocenters. The summed E-state index contributed by atoms with van der Waals surface area (Å²) in [5, 5.41) is 20.6. The van der Waals surface area contributed by atoms with Gasteiger partial charge in [0.2, 0.25) is 52.0 Å². The third-order valence-corrected chi connectivity index (χ3v) is 7.42. The summed E-state index contributed by atoms with van der Waals surface area (Å²) >= 11 is 0. The quantitative estimate of drug-likeness (QED) is 0.0876. The van der Waals surface area contributed by atoms with Crippen molar-refractivity contribution in [2.24, 2.45) is 0 Å². The standard InChI is InChI=1S/C13H24O26S5.5Na/c1-31-12-11(39-44(28,29)30)10(38-43(25,26)27)8(5(35-12)3-33-41(19,20)21)36-13-9(37-42(22,23)24)7(15)6(14)4(34-13)2-32-40(16,17)18;;;;;/h4-15H,2-3H2,1H3,(H,16,17,18)(H,19,20,21)(H,22,23,24)(H,25,26,27)(H,28,29,30);;;;;/q;5*+1/p-5/t4-,5-,6+,7+,8-,9-,10+,11-,12-,13-;;;;;/m1...../s1. The van der Waals surface area contributed by atoms with Crippen molar-refractivity contribution in [3.05, 3.63) is 0 Å². The fraction of sp³-hybridized carbons (Fsp3) is 1.00. The summed E-state index contributed by atoms with van der Waals surface area (Å²) in [5.74, 6) is 0. The van der Waals surface area contributed by atoms with Crippen molar-refractivity contribution in [1.82, 2.24) is 0 Å². The SMILES string of the molecule is CO[C@@H]1O[C@H](COS(=O)(=O)[O-])[C@@H](O[C@H]2O[C@H](COS(=O)(=O)[O-])[C@H](O)[C@H](O)[C@H]2OS(=O)(=O)[O-])[C@H](OS(=O)(=O)[O-])[C@H]1OS(=O)(=O)[O-].[Na+].[Na+].[Na+].[Na+].[Na+]. The predicted octanol–water partition coefficient (Wildman–Crippen LogP) is -22.3. The second kappa shape index (κ2) is 24.1. The van der Waals surface area contributed by atoms with E-state index >= 15 is 0 Å². The Labute approximate surface area is 390 Å². The van der Waals surface area contributed by atoms with E-state index in [4.69, 9.17) is 14.2 Å². The first kappa shape index (κ1) is 59.8. The third-order valence-electron chi connectivity index (χ3n) is 5.20.